The number of ketones is 2. The summed E-state index contributed by atoms with van der Waals surface area (Å²) >= 11 is 0. The molecule has 0 amide bonds. The Morgan fingerprint density at radius 1 is 0.714 bits per heavy atom. The van der Waals surface area contributed by atoms with Crippen LogP contribution in [0.25, 0.3) is 10.8 Å². The zero-order valence-corrected chi connectivity index (χ0v) is 11.0. The lowest BCUT2D eigenvalue weighted by molar-refractivity contribution is 0.0980. The normalized spacial score (nSPS) is 13.1. The summed E-state index contributed by atoms with van der Waals surface area (Å²) in [5.41, 5.74) is 1.64. The van der Waals surface area contributed by atoms with Gasteiger partial charge in [0.2, 0.25) is 0 Å². The van der Waals surface area contributed by atoms with E-state index in [2.05, 4.69) is 0 Å². The fourth-order valence-electron chi connectivity index (χ4n) is 2.90. The van der Waals surface area contributed by atoms with Crippen molar-refractivity contribution >= 4 is 22.3 Å². The zero-order chi connectivity index (χ0) is 14.6. The molecule has 3 aromatic rings. The first kappa shape index (κ1) is 11.9. The molecule has 0 unspecified atom stereocenters. The molecule has 1 aliphatic rings. The Balaban J connectivity index is 2.13. The van der Waals surface area contributed by atoms with Crippen LogP contribution in [0.2, 0.25) is 0 Å². The summed E-state index contributed by atoms with van der Waals surface area (Å²) < 4.78 is 0. The van der Waals surface area contributed by atoms with E-state index in [9.17, 15) is 14.7 Å². The number of rotatable bonds is 0. The van der Waals surface area contributed by atoms with Crippen molar-refractivity contribution in [2.75, 3.05) is 0 Å². The van der Waals surface area contributed by atoms with Crippen molar-refractivity contribution in [3.05, 3.63) is 76.9 Å². The van der Waals surface area contributed by atoms with E-state index in [0.717, 1.165) is 5.39 Å². The van der Waals surface area contributed by atoms with Crippen molar-refractivity contribution in [1.29, 1.82) is 0 Å². The number of fused-ring (bicyclic) bond motifs is 4. The molecule has 0 atom stereocenters. The molecule has 0 heterocycles. The molecule has 4 rings (SSSR count). The topological polar surface area (TPSA) is 54.4 Å². The molecule has 0 radical (unpaired) electrons. The minimum atomic E-state index is -0.170. The lowest BCUT2D eigenvalue weighted by atomic mass is 9.82. The smallest absolute Gasteiger partial charge is 0.195 e. The lowest BCUT2D eigenvalue weighted by Gasteiger charge is -2.19. The van der Waals surface area contributed by atoms with Gasteiger partial charge in [-0.3, -0.25) is 9.59 Å². The van der Waals surface area contributed by atoms with E-state index in [-0.39, 0.29) is 17.3 Å². The number of phenols is 1. The van der Waals surface area contributed by atoms with Gasteiger partial charge in [-0.15, -0.1) is 0 Å². The first-order valence-electron chi connectivity index (χ1n) is 6.61. The second-order valence-electron chi connectivity index (χ2n) is 5.10. The van der Waals surface area contributed by atoms with E-state index in [0.29, 0.717) is 27.6 Å². The molecule has 1 aliphatic carbocycles. The van der Waals surface area contributed by atoms with Crippen LogP contribution in [-0.2, 0) is 0 Å². The third-order valence-electron chi connectivity index (χ3n) is 3.89. The van der Waals surface area contributed by atoms with E-state index in [1.165, 1.54) is 6.07 Å². The summed E-state index contributed by atoms with van der Waals surface area (Å²) in [6.07, 6.45) is 0. The Labute approximate surface area is 120 Å². The van der Waals surface area contributed by atoms with Crippen LogP contribution in [0.15, 0.2) is 54.6 Å². The molecule has 0 saturated carbocycles. The highest BCUT2D eigenvalue weighted by atomic mass is 16.3. The van der Waals surface area contributed by atoms with Crippen molar-refractivity contribution in [2.24, 2.45) is 0 Å². The van der Waals surface area contributed by atoms with Crippen LogP contribution in [-0.4, -0.2) is 16.7 Å². The predicted octanol–water partition coefficient (Wildman–Crippen LogP) is 3.32. The number of benzene rings is 3. The van der Waals surface area contributed by atoms with Gasteiger partial charge in [-0.2, -0.15) is 0 Å². The van der Waals surface area contributed by atoms with Crippen molar-refractivity contribution in [2.45, 2.75) is 0 Å². The van der Waals surface area contributed by atoms with E-state index in [1.807, 2.05) is 0 Å². The molecule has 0 fully saturated rings. The molecule has 3 nitrogen and oxygen atoms in total. The predicted molar refractivity (Wildman–Crippen MR) is 78.9 cm³/mol. The Morgan fingerprint density at radius 3 is 2.14 bits per heavy atom. The number of aromatic hydroxyl groups is 1. The van der Waals surface area contributed by atoms with Gasteiger partial charge in [0, 0.05) is 22.3 Å². The second-order valence-corrected chi connectivity index (χ2v) is 5.10. The van der Waals surface area contributed by atoms with Crippen LogP contribution in [0.5, 0.6) is 5.75 Å². The van der Waals surface area contributed by atoms with Gasteiger partial charge < -0.3 is 5.11 Å². The molecule has 0 spiro atoms. The van der Waals surface area contributed by atoms with Crippen LogP contribution < -0.4 is 0 Å². The van der Waals surface area contributed by atoms with Crippen LogP contribution in [0.4, 0.5) is 0 Å². The maximum absolute atomic E-state index is 12.7. The number of carbonyl (C=O) groups is 2. The third kappa shape index (κ3) is 1.54. The minimum absolute atomic E-state index is 0.0787. The van der Waals surface area contributed by atoms with Crippen LogP contribution in [0.1, 0.15) is 31.8 Å². The van der Waals surface area contributed by atoms with Gasteiger partial charge in [0.1, 0.15) is 5.75 Å². The molecule has 0 bridgehead atoms. The quantitative estimate of drug-likeness (QED) is 0.535. The number of carbonyl (C=O) groups excluding carboxylic acids is 2. The Hall–Kier alpha value is -2.94. The van der Waals surface area contributed by atoms with Crippen LogP contribution >= 0.6 is 0 Å². The molecule has 0 aromatic heterocycles. The second kappa shape index (κ2) is 4.03. The van der Waals surface area contributed by atoms with Crippen molar-refractivity contribution in [3.63, 3.8) is 0 Å². The molecule has 21 heavy (non-hydrogen) atoms. The van der Waals surface area contributed by atoms with E-state index in [4.69, 9.17) is 0 Å². The van der Waals surface area contributed by atoms with Gasteiger partial charge in [0.05, 0.1) is 0 Å². The monoisotopic (exact) mass is 274 g/mol. The fraction of sp³-hybridized carbons (Fsp3) is 0. The average molecular weight is 274 g/mol. The molecular weight excluding hydrogens is 264 g/mol. The van der Waals surface area contributed by atoms with E-state index in [1.54, 1.807) is 48.5 Å². The largest absolute Gasteiger partial charge is 0.508 e. The summed E-state index contributed by atoms with van der Waals surface area (Å²) in [5, 5.41) is 11.1. The molecule has 0 aliphatic heterocycles. The number of hydrogen-bond acceptors (Lipinski definition) is 3. The van der Waals surface area contributed by atoms with E-state index < -0.39 is 0 Å². The molecule has 100 valence electrons. The fourth-order valence-corrected chi connectivity index (χ4v) is 2.90. The SMILES string of the molecule is O=C1c2ccccc2C(=O)c2c1ccc1ccc(O)cc21. The maximum Gasteiger partial charge on any atom is 0.195 e. The van der Waals surface area contributed by atoms with Crippen LogP contribution in [0.3, 0.4) is 0 Å². The standard InChI is InChI=1S/C18H10O3/c19-11-7-5-10-6-8-14-16(15(10)9-11)18(21)13-4-2-1-3-12(13)17(14)20/h1-9,19H. The summed E-state index contributed by atoms with van der Waals surface area (Å²) in [6, 6.07) is 15.2. The average Bonchev–Trinajstić information content (AvgIpc) is 2.51. The highest BCUT2D eigenvalue weighted by Crippen LogP contribution is 2.33. The molecule has 0 saturated heterocycles. The number of hydrogen-bond donors (Lipinski definition) is 1. The summed E-state index contributed by atoms with van der Waals surface area (Å²) in [7, 11) is 0. The Morgan fingerprint density at radius 2 is 1.38 bits per heavy atom. The zero-order valence-electron chi connectivity index (χ0n) is 11.0. The molecule has 3 heteroatoms. The molecule has 1 N–H and O–H groups in total. The Bertz CT molecular complexity index is 938. The van der Waals surface area contributed by atoms with E-state index >= 15 is 0 Å². The summed E-state index contributed by atoms with van der Waals surface area (Å²) in [4.78, 5) is 25.3. The molecular formula is C18H10O3. The summed E-state index contributed by atoms with van der Waals surface area (Å²) in [5.74, 6) is -0.239. The van der Waals surface area contributed by atoms with Gasteiger partial charge >= 0.3 is 0 Å². The van der Waals surface area contributed by atoms with Gasteiger partial charge in [0.15, 0.2) is 11.6 Å². The van der Waals surface area contributed by atoms with Gasteiger partial charge in [-0.25, -0.2) is 0 Å². The lowest BCUT2D eigenvalue weighted by Crippen LogP contribution is -2.21. The highest BCUT2D eigenvalue weighted by Gasteiger charge is 2.30. The van der Waals surface area contributed by atoms with Gasteiger partial charge in [0.25, 0.3) is 0 Å². The first-order valence-corrected chi connectivity index (χ1v) is 6.61. The summed E-state index contributed by atoms with van der Waals surface area (Å²) in [6.45, 7) is 0. The Kier molecular flexibility index (Phi) is 2.27. The molecule has 3 aromatic carbocycles. The maximum atomic E-state index is 12.7. The van der Waals surface area contributed by atoms with Gasteiger partial charge in [-0.1, -0.05) is 36.4 Å². The van der Waals surface area contributed by atoms with Crippen molar-refractivity contribution in [3.8, 4) is 5.75 Å². The van der Waals surface area contributed by atoms with Gasteiger partial charge in [-0.05, 0) is 29.0 Å². The first-order chi connectivity index (χ1) is 10.2. The third-order valence-corrected chi connectivity index (χ3v) is 3.89. The van der Waals surface area contributed by atoms with Crippen molar-refractivity contribution in [1.82, 2.24) is 0 Å². The highest BCUT2D eigenvalue weighted by molar-refractivity contribution is 6.32. The number of phenolic OH excluding ortho intramolecular Hbond substituents is 1. The van der Waals surface area contributed by atoms with Crippen molar-refractivity contribution < 1.29 is 14.7 Å². The minimum Gasteiger partial charge on any atom is -0.508 e. The van der Waals surface area contributed by atoms with Crippen LogP contribution in [0, 0.1) is 0 Å².